The number of fused-ring (bicyclic) bond motifs is 5. The summed E-state index contributed by atoms with van der Waals surface area (Å²) >= 11 is 0. The Labute approximate surface area is 343 Å². The van der Waals surface area contributed by atoms with Crippen LogP contribution in [0, 0.1) is 0 Å². The van der Waals surface area contributed by atoms with Crippen molar-refractivity contribution in [2.75, 3.05) is 9.80 Å². The maximum atomic E-state index is 6.27. The van der Waals surface area contributed by atoms with E-state index in [1.807, 2.05) is 48.5 Å². The maximum absolute atomic E-state index is 6.27. The third-order valence-electron chi connectivity index (χ3n) is 11.8. The minimum Gasteiger partial charge on any atom is -0.440 e. The molecule has 0 bridgehead atoms. The summed E-state index contributed by atoms with van der Waals surface area (Å²) in [6, 6.07) is 59.5. The minimum atomic E-state index is -0.275. The summed E-state index contributed by atoms with van der Waals surface area (Å²) in [7, 11) is 0. The number of benzene rings is 7. The summed E-state index contributed by atoms with van der Waals surface area (Å²) in [6.07, 6.45) is 7.32. The van der Waals surface area contributed by atoms with E-state index in [1.165, 1.54) is 28.0 Å². The second kappa shape index (κ2) is 13.9. The van der Waals surface area contributed by atoms with Crippen molar-refractivity contribution in [1.82, 2.24) is 9.97 Å². The van der Waals surface area contributed by atoms with E-state index in [1.54, 1.807) is 0 Å². The van der Waals surface area contributed by atoms with Crippen molar-refractivity contribution in [2.45, 2.75) is 31.6 Å². The predicted molar refractivity (Wildman–Crippen MR) is 239 cm³/mol. The molecule has 11 rings (SSSR count). The molecular weight excluding hydrogens is 725 g/mol. The molecule has 0 saturated heterocycles. The normalized spacial score (nSPS) is 15.2. The maximum Gasteiger partial charge on any atom is 0.227 e. The van der Waals surface area contributed by atoms with E-state index >= 15 is 0 Å². The molecule has 1 unspecified atom stereocenters. The van der Waals surface area contributed by atoms with Crippen LogP contribution in [0.2, 0.25) is 0 Å². The van der Waals surface area contributed by atoms with Gasteiger partial charge in [-0.05, 0) is 119 Å². The molecule has 0 spiro atoms. The SMILES string of the molecule is CC1(C)c2cc(N(C3=CC=CC(c4nc5ccccc5o4)C3)c3ccccc3)ccc2-c2ccc(N(c3ccccc3)c3cccc(-c4nc5ccccc5o4)c3)cc21. The van der Waals surface area contributed by atoms with Crippen molar-refractivity contribution in [2.24, 2.45) is 0 Å². The van der Waals surface area contributed by atoms with Crippen molar-refractivity contribution in [3.8, 4) is 22.6 Å². The van der Waals surface area contributed by atoms with E-state index in [0.29, 0.717) is 5.89 Å². The monoisotopic (exact) mass is 764 g/mol. The van der Waals surface area contributed by atoms with E-state index in [9.17, 15) is 0 Å². The third kappa shape index (κ3) is 6.03. The van der Waals surface area contributed by atoms with Crippen molar-refractivity contribution >= 4 is 50.6 Å². The number of aromatic nitrogens is 2. The summed E-state index contributed by atoms with van der Waals surface area (Å²) in [5, 5.41) is 0. The molecule has 2 aliphatic carbocycles. The van der Waals surface area contributed by atoms with Crippen molar-refractivity contribution in [3.63, 3.8) is 0 Å². The Hall–Kier alpha value is -7.44. The van der Waals surface area contributed by atoms with Gasteiger partial charge in [0.25, 0.3) is 0 Å². The van der Waals surface area contributed by atoms with Crippen molar-refractivity contribution in [3.05, 3.63) is 211 Å². The van der Waals surface area contributed by atoms with E-state index in [-0.39, 0.29) is 11.3 Å². The molecule has 0 N–H and O–H groups in total. The average molecular weight is 765 g/mol. The van der Waals surface area contributed by atoms with Gasteiger partial charge in [0.15, 0.2) is 11.2 Å². The lowest BCUT2D eigenvalue weighted by Crippen LogP contribution is -2.21. The quantitative estimate of drug-likeness (QED) is 0.154. The van der Waals surface area contributed by atoms with Crippen LogP contribution in [0.4, 0.5) is 28.4 Å². The van der Waals surface area contributed by atoms with Gasteiger partial charge >= 0.3 is 0 Å². The number of para-hydroxylation sites is 6. The highest BCUT2D eigenvalue weighted by atomic mass is 16.4. The van der Waals surface area contributed by atoms with Crippen LogP contribution in [-0.4, -0.2) is 9.97 Å². The van der Waals surface area contributed by atoms with Crippen molar-refractivity contribution in [1.29, 1.82) is 0 Å². The largest absolute Gasteiger partial charge is 0.440 e. The summed E-state index contributed by atoms with van der Waals surface area (Å²) in [5.41, 5.74) is 15.7. The van der Waals surface area contributed by atoms with E-state index in [0.717, 1.165) is 68.5 Å². The van der Waals surface area contributed by atoms with E-state index < -0.39 is 0 Å². The lowest BCUT2D eigenvalue weighted by molar-refractivity contribution is 0.500. The lowest BCUT2D eigenvalue weighted by Gasteiger charge is -2.32. The number of hydrogen-bond donors (Lipinski definition) is 0. The molecule has 1 atom stereocenters. The Morgan fingerprint density at radius 3 is 1.75 bits per heavy atom. The fourth-order valence-electron chi connectivity index (χ4n) is 8.89. The zero-order chi connectivity index (χ0) is 39.5. The van der Waals surface area contributed by atoms with Crippen LogP contribution in [-0.2, 0) is 5.41 Å². The fraction of sp³-hybridized carbons (Fsp3) is 0.0943. The molecule has 0 aliphatic heterocycles. The zero-order valence-electron chi connectivity index (χ0n) is 32.8. The molecule has 2 heterocycles. The molecular formula is C53H40N4O2. The zero-order valence-corrected chi connectivity index (χ0v) is 32.8. The summed E-state index contributed by atoms with van der Waals surface area (Å²) < 4.78 is 12.5. The standard InChI is InChI=1S/C53H40N4O2/c1-53(2)45-33-41(56(37-17-5-3-6-18-37)39-21-13-15-35(31-39)51-54-47-23-9-11-25-49(47)58-51)27-29-43(45)44-30-28-42(34-46(44)53)57(38-19-7-4-8-20-38)40-22-14-16-36(32-40)52-55-48-24-10-12-26-50(48)59-52/h3-31,33-34,36H,32H2,1-2H3. The molecule has 6 heteroatoms. The van der Waals surface area contributed by atoms with Crippen LogP contribution < -0.4 is 9.80 Å². The van der Waals surface area contributed by atoms with Gasteiger partial charge < -0.3 is 18.6 Å². The van der Waals surface area contributed by atoms with Gasteiger partial charge in [-0.15, -0.1) is 0 Å². The van der Waals surface area contributed by atoms with Gasteiger partial charge in [-0.2, -0.15) is 0 Å². The number of rotatable bonds is 8. The molecule has 2 aliphatic rings. The van der Waals surface area contributed by atoms with Crippen LogP contribution >= 0.6 is 0 Å². The topological polar surface area (TPSA) is 58.5 Å². The first kappa shape index (κ1) is 34.8. The van der Waals surface area contributed by atoms with Gasteiger partial charge in [-0.3, -0.25) is 0 Å². The molecule has 284 valence electrons. The molecule has 0 radical (unpaired) electrons. The van der Waals surface area contributed by atoms with Gasteiger partial charge in [0, 0.05) is 51.5 Å². The van der Waals surface area contributed by atoms with Gasteiger partial charge in [-0.25, -0.2) is 9.97 Å². The predicted octanol–water partition coefficient (Wildman–Crippen LogP) is 14.2. The Kier molecular flexibility index (Phi) is 8.19. The molecule has 2 aromatic heterocycles. The van der Waals surface area contributed by atoms with Crippen molar-refractivity contribution < 1.29 is 8.83 Å². The minimum absolute atomic E-state index is 0.0189. The van der Waals surface area contributed by atoms with E-state index in [4.69, 9.17) is 18.8 Å². The van der Waals surface area contributed by atoms with Gasteiger partial charge in [0.05, 0.1) is 5.92 Å². The third-order valence-corrected chi connectivity index (χ3v) is 11.8. The number of nitrogens with zero attached hydrogens (tertiary/aromatic N) is 4. The van der Waals surface area contributed by atoms with Crippen LogP contribution in [0.25, 0.3) is 44.8 Å². The van der Waals surface area contributed by atoms with Crippen LogP contribution in [0.1, 0.15) is 43.2 Å². The smallest absolute Gasteiger partial charge is 0.227 e. The van der Waals surface area contributed by atoms with E-state index in [2.05, 4.69) is 163 Å². The average Bonchev–Trinajstić information content (AvgIpc) is 3.98. The Balaban J connectivity index is 0.964. The van der Waals surface area contributed by atoms with Gasteiger partial charge in [0.2, 0.25) is 11.8 Å². The first-order chi connectivity index (χ1) is 29.0. The first-order valence-electron chi connectivity index (χ1n) is 20.2. The highest BCUT2D eigenvalue weighted by Gasteiger charge is 2.37. The molecule has 0 saturated carbocycles. The summed E-state index contributed by atoms with van der Waals surface area (Å²) in [5.74, 6) is 1.36. The number of hydrogen-bond acceptors (Lipinski definition) is 6. The van der Waals surface area contributed by atoms with Crippen LogP contribution in [0.15, 0.2) is 203 Å². The molecule has 0 fully saturated rings. The molecule has 0 amide bonds. The second-order valence-corrected chi connectivity index (χ2v) is 15.8. The Morgan fingerprint density at radius 1 is 0.525 bits per heavy atom. The first-order valence-corrected chi connectivity index (χ1v) is 20.2. The lowest BCUT2D eigenvalue weighted by atomic mass is 9.82. The highest BCUT2D eigenvalue weighted by Crippen LogP contribution is 2.52. The molecule has 6 nitrogen and oxygen atoms in total. The number of allylic oxidation sites excluding steroid dienone is 4. The summed E-state index contributed by atoms with van der Waals surface area (Å²) in [6.45, 7) is 4.70. The Morgan fingerprint density at radius 2 is 1.08 bits per heavy atom. The fourth-order valence-corrected chi connectivity index (χ4v) is 8.89. The highest BCUT2D eigenvalue weighted by molar-refractivity contribution is 5.88. The van der Waals surface area contributed by atoms with Crippen LogP contribution in [0.3, 0.4) is 0 Å². The second-order valence-electron chi connectivity index (χ2n) is 15.8. The Bertz CT molecular complexity index is 3020. The molecule has 7 aromatic carbocycles. The summed E-state index contributed by atoms with van der Waals surface area (Å²) in [4.78, 5) is 14.4. The van der Waals surface area contributed by atoms with Gasteiger partial charge in [-0.1, -0.05) is 105 Å². The molecule has 9 aromatic rings. The molecule has 59 heavy (non-hydrogen) atoms. The van der Waals surface area contributed by atoms with Crippen LogP contribution in [0.5, 0.6) is 0 Å². The number of oxazole rings is 2. The number of anilines is 5. The van der Waals surface area contributed by atoms with Gasteiger partial charge in [0.1, 0.15) is 11.0 Å².